The van der Waals surface area contributed by atoms with E-state index in [-0.39, 0.29) is 29.1 Å². The van der Waals surface area contributed by atoms with E-state index in [9.17, 15) is 14.1 Å². The van der Waals surface area contributed by atoms with Crippen LogP contribution in [0.5, 0.6) is 5.75 Å². The molecule has 9 heteroatoms. The summed E-state index contributed by atoms with van der Waals surface area (Å²) in [7, 11) is -1.15. The van der Waals surface area contributed by atoms with E-state index in [1.165, 1.54) is 11.1 Å². The number of hydrogen-bond acceptors (Lipinski definition) is 6. The van der Waals surface area contributed by atoms with Crippen molar-refractivity contribution in [2.45, 2.75) is 87.4 Å². The highest BCUT2D eigenvalue weighted by molar-refractivity contribution is 7.99. The SMILES string of the molecule is C=S1(=O)NC(=O)c2ccc3c(c2)N(C[C@@H]2CC[C@H]2[C@](CO)(OC)CCCC[C@H]1CC)C[C@@]1(CCCc2cc(Cl)ccc21)CO3. The van der Waals surface area contributed by atoms with Crippen molar-refractivity contribution in [1.82, 2.24) is 4.72 Å². The fourth-order valence-corrected chi connectivity index (χ4v) is 10.4. The average molecular weight is 643 g/mol. The maximum absolute atomic E-state index is 13.8. The van der Waals surface area contributed by atoms with Gasteiger partial charge in [0.05, 0.1) is 34.2 Å². The summed E-state index contributed by atoms with van der Waals surface area (Å²) >= 11 is 6.43. The maximum atomic E-state index is 13.8. The molecule has 1 saturated carbocycles. The molecule has 0 aromatic heterocycles. The minimum Gasteiger partial charge on any atom is -0.490 e. The summed E-state index contributed by atoms with van der Waals surface area (Å²) in [6.45, 7) is 4.02. The normalized spacial score (nSPS) is 34.1. The lowest BCUT2D eigenvalue weighted by Gasteiger charge is -2.51. The fourth-order valence-electron chi connectivity index (χ4n) is 8.48. The van der Waals surface area contributed by atoms with Crippen molar-refractivity contribution >= 4 is 38.8 Å². The van der Waals surface area contributed by atoms with Gasteiger partial charge in [-0.05, 0) is 111 Å². The van der Waals surface area contributed by atoms with E-state index >= 15 is 0 Å². The number of halogens is 1. The fraction of sp³-hybridized carbons (Fsp3) is 0.600. The number of benzene rings is 2. The van der Waals surface area contributed by atoms with Crippen LogP contribution < -0.4 is 14.4 Å². The highest BCUT2D eigenvalue weighted by Crippen LogP contribution is 2.49. The number of ether oxygens (including phenoxy) is 2. The minimum atomic E-state index is -2.88. The molecule has 2 aliphatic carbocycles. The van der Waals surface area contributed by atoms with E-state index in [4.69, 9.17) is 21.1 Å². The molecule has 1 spiro atoms. The number of rotatable bonds is 3. The highest BCUT2D eigenvalue weighted by Gasteiger charge is 2.49. The molecule has 0 radical (unpaired) electrons. The van der Waals surface area contributed by atoms with Gasteiger partial charge in [0.15, 0.2) is 0 Å². The van der Waals surface area contributed by atoms with E-state index in [2.05, 4.69) is 27.6 Å². The van der Waals surface area contributed by atoms with Crippen LogP contribution in [-0.2, 0) is 26.3 Å². The van der Waals surface area contributed by atoms with E-state index in [0.29, 0.717) is 30.9 Å². The number of amides is 1. The van der Waals surface area contributed by atoms with Crippen molar-refractivity contribution in [2.24, 2.45) is 11.8 Å². The Morgan fingerprint density at radius 1 is 1.16 bits per heavy atom. The topological polar surface area (TPSA) is 88.1 Å². The summed E-state index contributed by atoms with van der Waals surface area (Å²) in [6, 6.07) is 11.8. The zero-order valence-corrected chi connectivity index (χ0v) is 27.7. The monoisotopic (exact) mass is 642 g/mol. The van der Waals surface area contributed by atoms with Crippen molar-refractivity contribution in [2.75, 3.05) is 38.3 Å². The average Bonchev–Trinajstić information content (AvgIpc) is 3.14. The largest absolute Gasteiger partial charge is 0.490 e. The highest BCUT2D eigenvalue weighted by atomic mass is 35.5. The number of nitrogens with one attached hydrogen (secondary N) is 1. The Morgan fingerprint density at radius 3 is 2.73 bits per heavy atom. The number of nitrogens with zero attached hydrogens (tertiary/aromatic N) is 1. The lowest BCUT2D eigenvalue weighted by molar-refractivity contribution is -0.141. The van der Waals surface area contributed by atoms with Crippen molar-refractivity contribution in [3.8, 4) is 5.75 Å². The molecule has 4 aliphatic rings. The molecule has 44 heavy (non-hydrogen) atoms. The molecule has 2 aromatic carbocycles. The summed E-state index contributed by atoms with van der Waals surface area (Å²) in [5.41, 5.74) is 3.06. The number of aliphatic hydroxyl groups excluding tert-OH is 1. The molecular weight excluding hydrogens is 596 g/mol. The van der Waals surface area contributed by atoms with Gasteiger partial charge in [-0.3, -0.25) is 9.52 Å². The van der Waals surface area contributed by atoms with Gasteiger partial charge in [0.25, 0.3) is 5.91 Å². The van der Waals surface area contributed by atoms with E-state index in [1.54, 1.807) is 13.2 Å². The van der Waals surface area contributed by atoms with Gasteiger partial charge in [0.1, 0.15) is 5.75 Å². The van der Waals surface area contributed by atoms with Gasteiger partial charge in [-0.2, -0.15) is 0 Å². The summed E-state index contributed by atoms with van der Waals surface area (Å²) in [5, 5.41) is 11.3. The molecule has 0 saturated heterocycles. The van der Waals surface area contributed by atoms with Crippen LogP contribution in [0.25, 0.3) is 0 Å². The van der Waals surface area contributed by atoms with Crippen LogP contribution in [0.15, 0.2) is 36.4 Å². The number of hydrogen-bond donors (Lipinski definition) is 2. The summed E-state index contributed by atoms with van der Waals surface area (Å²) < 4.78 is 29.4. The lowest BCUT2D eigenvalue weighted by atomic mass is 9.63. The smallest absolute Gasteiger partial charge is 0.262 e. The number of carbonyl (C=O) groups excluding carboxylic acids is 1. The molecule has 2 bridgehead atoms. The molecule has 1 amide bonds. The molecule has 1 fully saturated rings. The van der Waals surface area contributed by atoms with Gasteiger partial charge in [0.2, 0.25) is 0 Å². The van der Waals surface area contributed by atoms with Gasteiger partial charge < -0.3 is 19.5 Å². The third-order valence-electron chi connectivity index (χ3n) is 11.2. The summed E-state index contributed by atoms with van der Waals surface area (Å²) in [6.07, 6.45) is 8.88. The first-order chi connectivity index (χ1) is 21.1. The molecule has 2 N–H and O–H groups in total. The van der Waals surface area contributed by atoms with Crippen molar-refractivity contribution in [3.05, 3.63) is 58.1 Å². The van der Waals surface area contributed by atoms with Crippen LogP contribution >= 0.6 is 11.6 Å². The predicted molar refractivity (Wildman–Crippen MR) is 179 cm³/mol. The molecule has 6 atom stereocenters. The van der Waals surface area contributed by atoms with E-state index in [1.807, 2.05) is 25.1 Å². The van der Waals surface area contributed by atoms with Crippen LogP contribution in [0, 0.1) is 11.8 Å². The second kappa shape index (κ2) is 12.5. The van der Waals surface area contributed by atoms with Gasteiger partial charge in [-0.15, -0.1) is 0 Å². The first kappa shape index (κ1) is 31.7. The van der Waals surface area contributed by atoms with Crippen LogP contribution in [0.2, 0.25) is 5.02 Å². The zero-order valence-electron chi connectivity index (χ0n) is 26.1. The van der Waals surface area contributed by atoms with Gasteiger partial charge in [-0.1, -0.05) is 37.4 Å². The number of anilines is 1. The zero-order chi connectivity index (χ0) is 31.1. The second-order valence-electron chi connectivity index (χ2n) is 13.6. The van der Waals surface area contributed by atoms with Gasteiger partial charge in [0, 0.05) is 41.5 Å². The molecule has 7 nitrogen and oxygen atoms in total. The van der Waals surface area contributed by atoms with Crippen LogP contribution in [0.1, 0.15) is 86.2 Å². The Balaban J connectivity index is 1.44. The third-order valence-corrected chi connectivity index (χ3v) is 13.6. The number of methoxy groups -OCH3 is 1. The number of aryl methyl sites for hydroxylation is 1. The second-order valence-corrected chi connectivity index (χ2v) is 16.4. The molecule has 1 unspecified atom stereocenters. The quantitative estimate of drug-likeness (QED) is 0.404. The molecule has 6 rings (SSSR count). The number of carbonyl (C=O) groups is 1. The van der Waals surface area contributed by atoms with Crippen molar-refractivity contribution in [1.29, 1.82) is 0 Å². The first-order valence-corrected chi connectivity index (χ1v) is 18.5. The van der Waals surface area contributed by atoms with E-state index in [0.717, 1.165) is 80.9 Å². The Kier molecular flexibility index (Phi) is 9.01. The van der Waals surface area contributed by atoms with Crippen molar-refractivity contribution in [3.63, 3.8) is 0 Å². The Labute approximate surface area is 267 Å². The molecule has 240 valence electrons. The molecule has 2 heterocycles. The van der Waals surface area contributed by atoms with Crippen LogP contribution in [0.3, 0.4) is 0 Å². The van der Waals surface area contributed by atoms with Crippen LogP contribution in [-0.4, -0.2) is 65.4 Å². The van der Waals surface area contributed by atoms with Gasteiger partial charge in [-0.25, -0.2) is 4.21 Å². The van der Waals surface area contributed by atoms with Crippen LogP contribution in [0.4, 0.5) is 5.69 Å². The maximum Gasteiger partial charge on any atom is 0.262 e. The Morgan fingerprint density at radius 2 is 2.00 bits per heavy atom. The summed E-state index contributed by atoms with van der Waals surface area (Å²) in [5.74, 6) is 4.94. The Bertz CT molecular complexity index is 1490. The summed E-state index contributed by atoms with van der Waals surface area (Å²) in [4.78, 5) is 16.0. The minimum absolute atomic E-state index is 0.0219. The van der Waals surface area contributed by atoms with Gasteiger partial charge >= 0.3 is 0 Å². The molecular formula is C35H47ClN2O5S. The molecule has 2 aromatic rings. The Hall–Kier alpha value is -2.26. The lowest BCUT2D eigenvalue weighted by Crippen LogP contribution is -2.55. The van der Waals surface area contributed by atoms with E-state index < -0.39 is 15.3 Å². The predicted octanol–water partition coefficient (Wildman–Crippen LogP) is 5.93. The third kappa shape index (κ3) is 5.76. The number of fused-ring (bicyclic) bond motifs is 4. The first-order valence-electron chi connectivity index (χ1n) is 16.3. The van der Waals surface area contributed by atoms with Crippen molar-refractivity contribution < 1.29 is 23.6 Å². The molecule has 2 aliphatic heterocycles. The standard InChI is InChI=1S/C35H47ClN2O5S/c1-4-28-9-5-6-17-35(22-39,42-2)30-13-10-26(30)20-38-21-34(16-7-8-24-18-27(36)12-14-29(24)34)23-43-32-15-11-25(19-31(32)38)33(40)37-44(28,3)41/h11-12,14-15,18-19,26,28,30,39H,3-10,13,16-17,20-23H2,1-2H3,(H,37,40,41)/t26-,28+,30+,34-,35-,44?/m0/s1. The number of aliphatic hydroxyl groups is 1.